The van der Waals surface area contributed by atoms with Crippen molar-refractivity contribution < 1.29 is 22.4 Å². The Kier molecular flexibility index (Phi) is 9.75. The van der Waals surface area contributed by atoms with E-state index in [1.807, 2.05) is 30.3 Å². The van der Waals surface area contributed by atoms with Gasteiger partial charge >= 0.3 is 0 Å². The molecule has 7 nitrogen and oxygen atoms in total. The standard InChI is InChI=1S/C31H29ClFN3O4S/c1-34-31(38)29(20-23-8-4-2-5-9-23)35(21-24-12-16-26(33)17-13-24)30(37)22-36(27-10-6-3-7-11-27)41(39,40)28-18-14-25(32)15-19-28/h2-19,29H,20-22H2,1H3,(H,34,38)/t29-/m0/s1. The minimum Gasteiger partial charge on any atom is -0.357 e. The summed E-state index contributed by atoms with van der Waals surface area (Å²) in [6.07, 6.45) is 0.183. The van der Waals surface area contributed by atoms with E-state index in [1.165, 1.54) is 60.5 Å². The van der Waals surface area contributed by atoms with Crippen molar-refractivity contribution in [3.63, 3.8) is 0 Å². The number of nitrogens with zero attached hydrogens (tertiary/aromatic N) is 2. The van der Waals surface area contributed by atoms with Gasteiger partial charge in [0.05, 0.1) is 10.6 Å². The third-order valence-electron chi connectivity index (χ3n) is 6.51. The summed E-state index contributed by atoms with van der Waals surface area (Å²) in [7, 11) is -2.74. The van der Waals surface area contributed by atoms with Crippen LogP contribution < -0.4 is 9.62 Å². The van der Waals surface area contributed by atoms with E-state index in [1.54, 1.807) is 30.3 Å². The molecule has 10 heteroatoms. The number of carbonyl (C=O) groups excluding carboxylic acids is 2. The molecule has 1 N–H and O–H groups in total. The normalized spacial score (nSPS) is 11.9. The number of rotatable bonds is 11. The van der Waals surface area contributed by atoms with Crippen molar-refractivity contribution in [3.05, 3.63) is 131 Å². The molecular formula is C31H29ClFN3O4S. The van der Waals surface area contributed by atoms with Crippen LogP contribution in [-0.4, -0.2) is 44.8 Å². The first-order valence-corrected chi connectivity index (χ1v) is 14.6. The van der Waals surface area contributed by atoms with Crippen LogP contribution in [0.2, 0.25) is 5.02 Å². The molecule has 4 rings (SSSR count). The summed E-state index contributed by atoms with van der Waals surface area (Å²) in [5.41, 5.74) is 1.66. The Hall–Kier alpha value is -4.21. The molecule has 0 aliphatic rings. The van der Waals surface area contributed by atoms with Crippen LogP contribution in [0.25, 0.3) is 0 Å². The molecule has 41 heavy (non-hydrogen) atoms. The third kappa shape index (κ3) is 7.50. The summed E-state index contributed by atoms with van der Waals surface area (Å²) < 4.78 is 42.4. The molecule has 0 saturated heterocycles. The summed E-state index contributed by atoms with van der Waals surface area (Å²) in [5.74, 6) is -1.47. The van der Waals surface area contributed by atoms with Crippen LogP contribution in [0.5, 0.6) is 0 Å². The zero-order valence-corrected chi connectivity index (χ0v) is 23.9. The van der Waals surface area contributed by atoms with Crippen LogP contribution in [0.3, 0.4) is 0 Å². The molecule has 2 amide bonds. The third-order valence-corrected chi connectivity index (χ3v) is 8.55. The summed E-state index contributed by atoms with van der Waals surface area (Å²) in [6.45, 7) is -0.633. The van der Waals surface area contributed by atoms with Crippen molar-refractivity contribution in [1.29, 1.82) is 0 Å². The summed E-state index contributed by atoms with van der Waals surface area (Å²) in [5, 5.41) is 2.99. The number of halogens is 2. The van der Waals surface area contributed by atoms with E-state index >= 15 is 0 Å². The Morgan fingerprint density at radius 1 is 0.829 bits per heavy atom. The van der Waals surface area contributed by atoms with Crippen LogP contribution in [-0.2, 0) is 32.6 Å². The first-order valence-electron chi connectivity index (χ1n) is 12.8. The van der Waals surface area contributed by atoms with Crippen molar-refractivity contribution in [2.24, 2.45) is 0 Å². The van der Waals surface area contributed by atoms with Gasteiger partial charge in [0.25, 0.3) is 10.0 Å². The van der Waals surface area contributed by atoms with Gasteiger partial charge in [-0.3, -0.25) is 13.9 Å². The molecule has 0 spiro atoms. The number of likely N-dealkylation sites (N-methyl/N-ethyl adjacent to an activating group) is 1. The molecule has 0 aliphatic carbocycles. The predicted octanol–water partition coefficient (Wildman–Crippen LogP) is 5.06. The van der Waals surface area contributed by atoms with Gasteiger partial charge in [0.2, 0.25) is 11.8 Å². The molecule has 0 saturated carbocycles. The fraction of sp³-hybridized carbons (Fsp3) is 0.161. The summed E-state index contributed by atoms with van der Waals surface area (Å²) in [6, 6.07) is 27.7. The van der Waals surface area contributed by atoms with Crippen LogP contribution in [0.15, 0.2) is 114 Å². The van der Waals surface area contributed by atoms with E-state index in [9.17, 15) is 22.4 Å². The number of sulfonamides is 1. The maximum absolute atomic E-state index is 14.1. The maximum atomic E-state index is 14.1. The predicted molar refractivity (Wildman–Crippen MR) is 157 cm³/mol. The number of hydrogen-bond donors (Lipinski definition) is 1. The van der Waals surface area contributed by atoms with Gasteiger partial charge in [-0.05, 0) is 59.7 Å². The van der Waals surface area contributed by atoms with Crippen molar-refractivity contribution >= 4 is 39.1 Å². The Morgan fingerprint density at radius 3 is 2.00 bits per heavy atom. The number of benzene rings is 4. The molecule has 0 bridgehead atoms. The van der Waals surface area contributed by atoms with E-state index in [-0.39, 0.29) is 23.5 Å². The Balaban J connectivity index is 1.76. The zero-order valence-electron chi connectivity index (χ0n) is 22.3. The highest BCUT2D eigenvalue weighted by Crippen LogP contribution is 2.26. The Labute approximate surface area is 244 Å². The maximum Gasteiger partial charge on any atom is 0.264 e. The first-order chi connectivity index (χ1) is 19.7. The average Bonchev–Trinajstić information content (AvgIpc) is 2.99. The van der Waals surface area contributed by atoms with Gasteiger partial charge < -0.3 is 10.2 Å². The zero-order chi connectivity index (χ0) is 29.4. The van der Waals surface area contributed by atoms with E-state index in [4.69, 9.17) is 11.6 Å². The summed E-state index contributed by atoms with van der Waals surface area (Å²) in [4.78, 5) is 28.6. The van der Waals surface area contributed by atoms with Gasteiger partial charge in [0.1, 0.15) is 18.4 Å². The molecule has 1 atom stereocenters. The lowest BCUT2D eigenvalue weighted by atomic mass is 10.0. The Bertz CT molecular complexity index is 1570. The first kappa shape index (κ1) is 29.8. The van der Waals surface area contributed by atoms with E-state index < -0.39 is 40.2 Å². The van der Waals surface area contributed by atoms with Gasteiger partial charge in [0, 0.05) is 25.0 Å². The molecule has 0 fully saturated rings. The fourth-order valence-electron chi connectivity index (χ4n) is 4.36. The van der Waals surface area contributed by atoms with E-state index in [0.717, 1.165) is 9.87 Å². The fourth-order valence-corrected chi connectivity index (χ4v) is 5.90. The second kappa shape index (κ2) is 13.4. The van der Waals surface area contributed by atoms with Crippen LogP contribution in [0.4, 0.5) is 10.1 Å². The smallest absolute Gasteiger partial charge is 0.264 e. The molecular weight excluding hydrogens is 565 g/mol. The molecule has 4 aromatic carbocycles. The van der Waals surface area contributed by atoms with Crippen molar-refractivity contribution in [3.8, 4) is 0 Å². The molecule has 212 valence electrons. The molecule has 0 aromatic heterocycles. The number of para-hydroxylation sites is 1. The van der Waals surface area contributed by atoms with Crippen LogP contribution in [0.1, 0.15) is 11.1 Å². The van der Waals surface area contributed by atoms with Gasteiger partial charge in [0.15, 0.2) is 0 Å². The van der Waals surface area contributed by atoms with E-state index in [0.29, 0.717) is 10.6 Å². The van der Waals surface area contributed by atoms with Gasteiger partial charge in [-0.1, -0.05) is 72.3 Å². The summed E-state index contributed by atoms with van der Waals surface area (Å²) >= 11 is 5.99. The lowest BCUT2D eigenvalue weighted by Crippen LogP contribution is -2.53. The van der Waals surface area contributed by atoms with Gasteiger partial charge in [-0.25, -0.2) is 12.8 Å². The molecule has 0 radical (unpaired) electrons. The monoisotopic (exact) mass is 593 g/mol. The van der Waals surface area contributed by atoms with Crippen molar-refractivity contribution in [1.82, 2.24) is 10.2 Å². The number of amides is 2. The van der Waals surface area contributed by atoms with Gasteiger partial charge in [-0.15, -0.1) is 0 Å². The van der Waals surface area contributed by atoms with Crippen molar-refractivity contribution in [2.45, 2.75) is 23.9 Å². The average molecular weight is 594 g/mol. The Morgan fingerprint density at radius 2 is 1.41 bits per heavy atom. The minimum atomic E-state index is -4.21. The van der Waals surface area contributed by atoms with Gasteiger partial charge in [-0.2, -0.15) is 0 Å². The SMILES string of the molecule is CNC(=O)[C@H](Cc1ccccc1)N(Cc1ccc(F)cc1)C(=O)CN(c1ccccc1)S(=O)(=O)c1ccc(Cl)cc1. The number of carbonyl (C=O) groups is 2. The highest BCUT2D eigenvalue weighted by Gasteiger charge is 2.34. The molecule has 4 aromatic rings. The quantitative estimate of drug-likeness (QED) is 0.263. The lowest BCUT2D eigenvalue weighted by Gasteiger charge is -2.33. The van der Waals surface area contributed by atoms with Crippen LogP contribution in [0, 0.1) is 5.82 Å². The number of anilines is 1. The second-order valence-corrected chi connectivity index (χ2v) is 11.6. The topological polar surface area (TPSA) is 86.8 Å². The largest absolute Gasteiger partial charge is 0.357 e. The molecule has 0 heterocycles. The number of hydrogen-bond acceptors (Lipinski definition) is 4. The van der Waals surface area contributed by atoms with Crippen molar-refractivity contribution in [2.75, 3.05) is 17.9 Å². The lowest BCUT2D eigenvalue weighted by molar-refractivity contribution is -0.139. The van der Waals surface area contributed by atoms with Crippen LogP contribution >= 0.6 is 11.6 Å². The molecule has 0 unspecified atom stereocenters. The number of nitrogens with one attached hydrogen (secondary N) is 1. The second-order valence-electron chi connectivity index (χ2n) is 9.27. The highest BCUT2D eigenvalue weighted by atomic mass is 35.5. The minimum absolute atomic E-state index is 0.0456. The molecule has 0 aliphatic heterocycles. The van der Waals surface area contributed by atoms with E-state index in [2.05, 4.69) is 5.32 Å². The highest BCUT2D eigenvalue weighted by molar-refractivity contribution is 7.92.